The quantitative estimate of drug-likeness (QED) is 0.409. The molecule has 0 saturated heterocycles. The predicted molar refractivity (Wildman–Crippen MR) is 78.8 cm³/mol. The average Bonchev–Trinajstić information content (AvgIpc) is 2.19. The molecule has 0 aliphatic heterocycles. The van der Waals surface area contributed by atoms with Gasteiger partial charge in [-0.3, -0.25) is 0 Å². The number of rotatable bonds is 11. The summed E-state index contributed by atoms with van der Waals surface area (Å²) in [4.78, 5) is 0. The van der Waals surface area contributed by atoms with Gasteiger partial charge in [-0.1, -0.05) is 77.1 Å². The summed E-state index contributed by atoms with van der Waals surface area (Å²) in [6.45, 7) is 8.30. The summed E-state index contributed by atoms with van der Waals surface area (Å²) in [6.07, 6.45) is 12.7. The highest BCUT2D eigenvalue weighted by Crippen LogP contribution is 2.16. The van der Waals surface area contributed by atoms with Crippen molar-refractivity contribution in [2.24, 2.45) is 5.73 Å². The molecule has 0 aliphatic carbocycles. The van der Waals surface area contributed by atoms with Gasteiger partial charge in [-0.2, -0.15) is 0 Å². The van der Waals surface area contributed by atoms with E-state index in [2.05, 4.69) is 19.6 Å². The topological polar surface area (TPSA) is 26.0 Å². The van der Waals surface area contributed by atoms with Crippen molar-refractivity contribution in [1.29, 1.82) is 0 Å². The molecule has 0 fully saturated rings. The Morgan fingerprint density at radius 1 is 0.625 bits per heavy atom. The summed E-state index contributed by atoms with van der Waals surface area (Å²) >= 11 is 0. The maximum atomic E-state index is 5.46. The molecule has 0 aromatic carbocycles. The second kappa shape index (κ2) is 10.3. The number of hydrogen-bond donors (Lipinski definition) is 1. The molecule has 0 aromatic heterocycles. The van der Waals surface area contributed by atoms with Crippen molar-refractivity contribution in [1.82, 2.24) is 0 Å². The average molecular weight is 244 g/mol. The van der Waals surface area contributed by atoms with Gasteiger partial charge in [0.2, 0.25) is 0 Å². The van der Waals surface area contributed by atoms with E-state index in [1.165, 1.54) is 63.8 Å². The highest BCUT2D eigenvalue weighted by molar-refractivity contribution is 6.76. The molecule has 0 saturated carbocycles. The molecule has 0 rings (SSSR count). The fourth-order valence-electron chi connectivity index (χ4n) is 2.04. The molecule has 1 nitrogen and oxygen atoms in total. The Balaban J connectivity index is 2.99. The molecule has 0 bridgehead atoms. The lowest BCUT2D eigenvalue weighted by Gasteiger charge is -2.14. The molecule has 0 amide bonds. The van der Waals surface area contributed by atoms with E-state index in [0.717, 1.165) is 6.54 Å². The molecule has 0 radical (unpaired) electrons. The van der Waals surface area contributed by atoms with Gasteiger partial charge in [-0.25, -0.2) is 0 Å². The third-order valence-corrected chi connectivity index (χ3v) is 4.98. The maximum Gasteiger partial charge on any atom is 0.0442 e. The van der Waals surface area contributed by atoms with Gasteiger partial charge in [-0.05, 0) is 13.0 Å². The zero-order chi connectivity index (χ0) is 12.3. The second-order valence-electron chi connectivity index (χ2n) is 6.28. The predicted octanol–water partition coefficient (Wildman–Crippen LogP) is 4.79. The SMILES string of the molecule is C[Si](C)(C)CCCCCCCCCCCN. The van der Waals surface area contributed by atoms with Crippen LogP contribution >= 0.6 is 0 Å². The van der Waals surface area contributed by atoms with Crippen molar-refractivity contribution in [2.45, 2.75) is 83.5 Å². The summed E-state index contributed by atoms with van der Waals surface area (Å²) in [5.41, 5.74) is 5.46. The standard InChI is InChI=1S/C14H33NSi/c1-16(2,3)14-12-10-8-6-4-5-7-9-11-13-15/h4-15H2,1-3H3. The maximum absolute atomic E-state index is 5.46. The minimum absolute atomic E-state index is 0.759. The van der Waals surface area contributed by atoms with E-state index in [-0.39, 0.29) is 0 Å². The van der Waals surface area contributed by atoms with Gasteiger partial charge < -0.3 is 5.73 Å². The zero-order valence-corrected chi connectivity index (χ0v) is 12.9. The summed E-state index contributed by atoms with van der Waals surface area (Å²) in [5.74, 6) is 0. The van der Waals surface area contributed by atoms with Crippen LogP contribution in [-0.4, -0.2) is 14.6 Å². The molecule has 0 aromatic rings. The van der Waals surface area contributed by atoms with Crippen molar-refractivity contribution >= 4 is 8.07 Å². The molecule has 2 N–H and O–H groups in total. The fourth-order valence-corrected chi connectivity index (χ4v) is 3.35. The highest BCUT2D eigenvalue weighted by atomic mass is 28.3. The molecule has 0 unspecified atom stereocenters. The van der Waals surface area contributed by atoms with E-state index >= 15 is 0 Å². The Kier molecular flexibility index (Phi) is 10.5. The van der Waals surface area contributed by atoms with Crippen LogP contribution in [0.2, 0.25) is 25.7 Å². The summed E-state index contributed by atoms with van der Waals surface area (Å²) in [6, 6.07) is 1.52. The molecule has 0 aliphatic rings. The van der Waals surface area contributed by atoms with Crippen LogP contribution in [0, 0.1) is 0 Å². The van der Waals surface area contributed by atoms with Crippen LogP contribution in [0.25, 0.3) is 0 Å². The summed E-state index contributed by atoms with van der Waals surface area (Å²) < 4.78 is 0. The van der Waals surface area contributed by atoms with Crippen LogP contribution in [-0.2, 0) is 0 Å². The third-order valence-electron chi connectivity index (χ3n) is 3.13. The highest BCUT2D eigenvalue weighted by Gasteiger charge is 2.11. The van der Waals surface area contributed by atoms with E-state index in [9.17, 15) is 0 Å². The van der Waals surface area contributed by atoms with Gasteiger partial charge in [-0.15, -0.1) is 0 Å². The van der Waals surface area contributed by atoms with Crippen molar-refractivity contribution in [3.63, 3.8) is 0 Å². The summed E-state index contributed by atoms with van der Waals surface area (Å²) in [7, 11) is -0.759. The Hall–Kier alpha value is 0.177. The Bertz CT molecular complexity index is 140. The number of unbranched alkanes of at least 4 members (excludes halogenated alkanes) is 8. The van der Waals surface area contributed by atoms with Crippen molar-refractivity contribution in [3.05, 3.63) is 0 Å². The van der Waals surface area contributed by atoms with Crippen molar-refractivity contribution < 1.29 is 0 Å². The Labute approximate surface area is 104 Å². The van der Waals surface area contributed by atoms with Gasteiger partial charge in [0.1, 0.15) is 0 Å². The lowest BCUT2D eigenvalue weighted by atomic mass is 10.1. The fraction of sp³-hybridized carbons (Fsp3) is 1.00. The molecular weight excluding hydrogens is 210 g/mol. The Morgan fingerprint density at radius 2 is 1.00 bits per heavy atom. The third kappa shape index (κ3) is 14.2. The van der Waals surface area contributed by atoms with Crippen LogP contribution in [0.1, 0.15) is 57.8 Å². The molecule has 16 heavy (non-hydrogen) atoms. The zero-order valence-electron chi connectivity index (χ0n) is 11.9. The second-order valence-corrected chi connectivity index (χ2v) is 11.9. The van der Waals surface area contributed by atoms with Crippen LogP contribution in [0.5, 0.6) is 0 Å². The first kappa shape index (κ1) is 16.2. The van der Waals surface area contributed by atoms with Gasteiger partial charge in [0.25, 0.3) is 0 Å². The number of hydrogen-bond acceptors (Lipinski definition) is 1. The minimum atomic E-state index is -0.759. The first-order valence-corrected chi connectivity index (χ1v) is 11.0. The molecule has 98 valence electrons. The normalized spacial score (nSPS) is 12.0. The van der Waals surface area contributed by atoms with E-state index < -0.39 is 8.07 Å². The van der Waals surface area contributed by atoms with Gasteiger partial charge in [0, 0.05) is 8.07 Å². The van der Waals surface area contributed by atoms with Crippen molar-refractivity contribution in [2.75, 3.05) is 6.54 Å². The van der Waals surface area contributed by atoms with Gasteiger partial charge >= 0.3 is 0 Å². The molecular formula is C14H33NSi. The van der Waals surface area contributed by atoms with E-state index in [0.29, 0.717) is 0 Å². The van der Waals surface area contributed by atoms with Crippen molar-refractivity contribution in [3.8, 4) is 0 Å². The monoisotopic (exact) mass is 243 g/mol. The first-order chi connectivity index (χ1) is 7.56. The number of nitrogens with two attached hydrogens (primary N) is 1. The first-order valence-electron chi connectivity index (χ1n) is 7.26. The smallest absolute Gasteiger partial charge is 0.0442 e. The van der Waals surface area contributed by atoms with Crippen LogP contribution < -0.4 is 5.73 Å². The van der Waals surface area contributed by atoms with Crippen LogP contribution in [0.3, 0.4) is 0 Å². The molecule has 0 heterocycles. The van der Waals surface area contributed by atoms with Gasteiger partial charge in [0.05, 0.1) is 0 Å². The van der Waals surface area contributed by atoms with Gasteiger partial charge in [0.15, 0.2) is 0 Å². The van der Waals surface area contributed by atoms with E-state index in [4.69, 9.17) is 5.73 Å². The van der Waals surface area contributed by atoms with Crippen LogP contribution in [0.4, 0.5) is 0 Å². The molecule has 0 atom stereocenters. The van der Waals surface area contributed by atoms with Crippen LogP contribution in [0.15, 0.2) is 0 Å². The summed E-state index contributed by atoms with van der Waals surface area (Å²) in [5, 5.41) is 0. The lowest BCUT2D eigenvalue weighted by molar-refractivity contribution is 0.566. The minimum Gasteiger partial charge on any atom is -0.330 e. The van der Waals surface area contributed by atoms with E-state index in [1.54, 1.807) is 0 Å². The lowest BCUT2D eigenvalue weighted by Crippen LogP contribution is -2.18. The largest absolute Gasteiger partial charge is 0.330 e. The molecule has 0 spiro atoms. The van der Waals surface area contributed by atoms with E-state index in [1.807, 2.05) is 0 Å². The molecule has 2 heteroatoms. The Morgan fingerprint density at radius 3 is 1.38 bits per heavy atom.